The number of thioether (sulfide) groups is 1. The maximum absolute atomic E-state index is 15.7. The average Bonchev–Trinajstić information content (AvgIpc) is 1.50. The molecule has 0 unspecified atom stereocenters. The number of aromatic nitrogens is 1. The maximum atomic E-state index is 15.7. The van der Waals surface area contributed by atoms with E-state index in [-0.39, 0.29) is 93.9 Å². The lowest BCUT2D eigenvalue weighted by Gasteiger charge is -2.38. The first kappa shape index (κ1) is 98.6. The van der Waals surface area contributed by atoms with Crippen molar-refractivity contribution in [3.63, 3.8) is 0 Å². The monoisotopic (exact) mass is 1780 g/mol. The number of fused-ring (bicyclic) bond motifs is 2. The van der Waals surface area contributed by atoms with Crippen molar-refractivity contribution in [3.05, 3.63) is 203 Å². The Labute approximate surface area is 748 Å². The lowest BCUT2D eigenvalue weighted by Crippen LogP contribution is -2.61. The predicted octanol–water partition coefficient (Wildman–Crippen LogP) is 2.13. The number of phenolic OH excluding ortho intramolecular Hbond substituents is 2. The van der Waals surface area contributed by atoms with Gasteiger partial charge in [0.25, 0.3) is 0 Å². The number of H-pyrrole nitrogens is 1. The van der Waals surface area contributed by atoms with Gasteiger partial charge in [0, 0.05) is 96.1 Å². The number of likely N-dealkylation sites (N-methyl/N-ethyl adjacent to an activating group) is 4. The number of para-hydroxylation sites is 1. The number of primary amides is 1. The largest absolute Gasteiger partial charge is 0.508 e. The van der Waals surface area contributed by atoms with Gasteiger partial charge in [0.2, 0.25) is 88.6 Å². The Morgan fingerprint density at radius 2 is 0.953 bits per heavy atom. The van der Waals surface area contributed by atoms with Crippen LogP contribution in [0.4, 0.5) is 0 Å². The molecule has 2 saturated heterocycles. The number of nitrogens with one attached hydrogen (secondary N) is 10. The number of nitrogens with two attached hydrogens (primary N) is 1. The highest BCUT2D eigenvalue weighted by Gasteiger charge is 2.45. The minimum atomic E-state index is -1.72. The summed E-state index contributed by atoms with van der Waals surface area (Å²) >= 11 is 0.847. The van der Waals surface area contributed by atoms with E-state index in [2.05, 4.69) is 52.8 Å². The van der Waals surface area contributed by atoms with Crippen LogP contribution in [0.1, 0.15) is 106 Å². The molecule has 2 fully saturated rings. The van der Waals surface area contributed by atoms with Crippen molar-refractivity contribution in [2.24, 2.45) is 11.7 Å². The van der Waals surface area contributed by atoms with Crippen molar-refractivity contribution in [2.45, 2.75) is 184 Å². The minimum absolute atomic E-state index is 0.0367. The van der Waals surface area contributed by atoms with Crippen LogP contribution < -0.4 is 53.6 Å². The van der Waals surface area contributed by atoms with E-state index in [4.69, 9.17) is 5.73 Å². The number of carbonyl (C=O) groups excluding carboxylic acids is 15. The second-order valence-electron chi connectivity index (χ2n) is 32.8. The van der Waals surface area contributed by atoms with Crippen LogP contribution in [0.5, 0.6) is 11.5 Å². The Balaban J connectivity index is 1.10. The zero-order valence-corrected chi connectivity index (χ0v) is 74.1. The molecule has 0 radical (unpaired) electrons. The topological polar surface area (TPSA) is 483 Å². The van der Waals surface area contributed by atoms with E-state index in [0.717, 1.165) is 21.6 Å². The summed E-state index contributed by atoms with van der Waals surface area (Å²) < 4.78 is 0. The first-order valence-electron chi connectivity index (χ1n) is 43.0. The Bertz CT molecular complexity index is 5010. The van der Waals surface area contributed by atoms with Crippen LogP contribution in [0.3, 0.4) is 0 Å². The van der Waals surface area contributed by atoms with Crippen LogP contribution in [0.25, 0.3) is 10.9 Å². The van der Waals surface area contributed by atoms with E-state index in [1.807, 2.05) is 6.92 Å². The molecule has 684 valence electrons. The number of nitrogens with zero attached hydrogens (tertiary/aromatic N) is 5. The molecule has 1 aromatic heterocycles. The maximum Gasteiger partial charge on any atom is 0.246 e. The number of aliphatic hydroxyl groups is 1. The van der Waals surface area contributed by atoms with E-state index in [1.54, 1.807) is 142 Å². The van der Waals surface area contributed by atoms with Gasteiger partial charge in [-0.05, 0) is 102 Å². The van der Waals surface area contributed by atoms with Crippen LogP contribution >= 0.6 is 11.8 Å². The zero-order valence-electron chi connectivity index (χ0n) is 73.3. The second-order valence-corrected chi connectivity index (χ2v) is 33.9. The van der Waals surface area contributed by atoms with Gasteiger partial charge >= 0.3 is 0 Å². The molecule has 15 amide bonds. The van der Waals surface area contributed by atoms with Gasteiger partial charge in [0.05, 0.1) is 25.4 Å². The number of rotatable bonds is 22. The Morgan fingerprint density at radius 1 is 0.484 bits per heavy atom. The summed E-state index contributed by atoms with van der Waals surface area (Å²) in [7, 11) is 5.44. The quantitative estimate of drug-likeness (QED) is 0.0462. The molecule has 7 aromatic rings. The molecule has 0 saturated carbocycles. The number of benzene rings is 6. The van der Waals surface area contributed by atoms with Crippen LogP contribution in [0, 0.1) is 5.92 Å². The number of hydrogen-bond donors (Lipinski definition) is 14. The fourth-order valence-electron chi connectivity index (χ4n) is 15.6. The lowest BCUT2D eigenvalue weighted by molar-refractivity contribution is -0.152. The molecule has 128 heavy (non-hydrogen) atoms. The van der Waals surface area contributed by atoms with Gasteiger partial charge in [-0.3, -0.25) is 71.9 Å². The van der Waals surface area contributed by atoms with Crippen molar-refractivity contribution < 1.29 is 87.2 Å². The highest BCUT2D eigenvalue weighted by atomic mass is 32.2. The van der Waals surface area contributed by atoms with Gasteiger partial charge < -0.3 is 98.4 Å². The predicted molar refractivity (Wildman–Crippen MR) is 479 cm³/mol. The number of phenols is 2. The van der Waals surface area contributed by atoms with E-state index in [1.165, 1.54) is 91.4 Å². The molecule has 0 spiro atoms. The second kappa shape index (κ2) is 48.0. The van der Waals surface area contributed by atoms with Gasteiger partial charge in [0.1, 0.15) is 84.0 Å². The number of carbonyl (C=O) groups is 15. The van der Waals surface area contributed by atoms with Crippen molar-refractivity contribution in [1.82, 2.24) is 77.3 Å². The Morgan fingerprint density at radius 3 is 1.52 bits per heavy atom. The molecule has 34 nitrogen and oxygen atoms in total. The van der Waals surface area contributed by atoms with Crippen LogP contribution in [0.2, 0.25) is 0 Å². The van der Waals surface area contributed by atoms with Gasteiger partial charge in [-0.15, -0.1) is 11.8 Å². The molecule has 35 heteroatoms. The number of aliphatic hydroxyl groups excluding tert-OH is 1. The fourth-order valence-corrected chi connectivity index (χ4v) is 16.5. The standard InChI is InChI=1S/C93H118N16O18S/c1-9-11-32-76-93(127)109-42-23-33-75(109)87(121)103-73(53-110)86(120)99-66(10-2)90(124)107(7)77(47-58-26-17-13-18-27-58)88(122)102-71(46-61-36-40-64(112)41-37-61)89(123)105(5)52-80(114)97-70(49-62-50-95-67-31-22-21-30-65(62)67)85(119)101-69(44-60-34-38-63(111)39-35-60)84(118)100-68(43-56(3)4)83(117)104-74(82(116)96-51-79(94)113)54-128-55-81(115)98-72(45-57-24-15-12-16-25-57)91(125)108(8)78(92(126)106(76)6)48-59-28-19-14-20-29-59/h12-22,24-31,34-41,50,56,66,68-78,95,110-112H,9-11,23,32-33,42-49,51-55H2,1-8H3,(H2,94,113)(H,96,116)(H,97,114)(H,98,115)(H,99,120)(H,100,118)(H,101,119)(H,102,122)(H,103,121)(H,104,117)/t66-,68-,69-,70-,71-,72-,73-,74-,75+,76-,77-,78-/m0/s1. The highest BCUT2D eigenvalue weighted by molar-refractivity contribution is 8.00. The third-order valence-electron chi connectivity index (χ3n) is 22.7. The third-order valence-corrected chi connectivity index (χ3v) is 23.8. The van der Waals surface area contributed by atoms with Gasteiger partial charge in [-0.1, -0.05) is 174 Å². The molecule has 15 N–H and O–H groups in total. The molecule has 12 atom stereocenters. The molecule has 2 aliphatic rings. The molecular weight excluding hydrogens is 1660 g/mol. The van der Waals surface area contributed by atoms with Gasteiger partial charge in [-0.2, -0.15) is 0 Å². The lowest BCUT2D eigenvalue weighted by atomic mass is 9.99. The summed E-state index contributed by atoms with van der Waals surface area (Å²) in [6.07, 6.45) is 1.79. The van der Waals surface area contributed by atoms with Crippen LogP contribution in [-0.4, -0.2) is 272 Å². The fraction of sp³-hybridized carbons (Fsp3) is 0.430. The summed E-state index contributed by atoms with van der Waals surface area (Å²) in [5.41, 5.74) is 9.28. The third kappa shape index (κ3) is 28.2. The van der Waals surface area contributed by atoms with E-state index in [0.29, 0.717) is 63.5 Å². The molecule has 0 bridgehead atoms. The van der Waals surface area contributed by atoms with Crippen molar-refractivity contribution >= 4 is 111 Å². The number of aromatic amines is 1. The highest BCUT2D eigenvalue weighted by Crippen LogP contribution is 2.27. The molecule has 3 heterocycles. The minimum Gasteiger partial charge on any atom is -0.508 e. The van der Waals surface area contributed by atoms with Gasteiger partial charge in [-0.25, -0.2) is 0 Å². The van der Waals surface area contributed by atoms with Crippen LogP contribution in [0.15, 0.2) is 170 Å². The number of amides is 15. The van der Waals surface area contributed by atoms with Crippen molar-refractivity contribution in [1.29, 1.82) is 0 Å². The first-order chi connectivity index (χ1) is 61.2. The number of aromatic hydroxyl groups is 2. The molecule has 9 rings (SSSR count). The summed E-state index contributed by atoms with van der Waals surface area (Å²) in [4.78, 5) is 232. The Kier molecular flexibility index (Phi) is 36.9. The molecule has 6 aromatic carbocycles. The summed E-state index contributed by atoms with van der Waals surface area (Å²) in [6, 6.07) is 27.1. The zero-order chi connectivity index (χ0) is 92.8. The molecule has 0 aliphatic carbocycles. The van der Waals surface area contributed by atoms with Crippen molar-refractivity contribution in [3.8, 4) is 11.5 Å². The first-order valence-corrected chi connectivity index (χ1v) is 44.1. The summed E-state index contributed by atoms with van der Waals surface area (Å²) in [5.74, 6) is -14.2. The average molecular weight is 1780 g/mol. The summed E-state index contributed by atoms with van der Waals surface area (Å²) in [5, 5.41) is 56.6. The van der Waals surface area contributed by atoms with E-state index < -0.39 is 187 Å². The molecular formula is C93H118N16O18S. The van der Waals surface area contributed by atoms with Gasteiger partial charge in [0.15, 0.2) is 0 Å². The van der Waals surface area contributed by atoms with E-state index in [9.17, 15) is 48.9 Å². The Hall–Kier alpha value is -13.2. The summed E-state index contributed by atoms with van der Waals surface area (Å²) in [6.45, 7) is 4.58. The number of unbranched alkanes of at least 4 members (excludes halogenated alkanes) is 1. The van der Waals surface area contributed by atoms with E-state index >= 15 is 38.4 Å². The normalized spacial score (nSPS) is 23.0. The molecule has 2 aliphatic heterocycles. The number of hydrogen-bond acceptors (Lipinski definition) is 19. The smallest absolute Gasteiger partial charge is 0.246 e. The SMILES string of the molecule is CCCC[C@H]1C(=O)N2CCC[C@@H]2C(=O)N[C@@H](CO)C(=O)N[C@@H](CC)C(=O)N(C)[C@@H](Cc2ccccc2)C(=O)N[C@@H](Cc2ccc(O)cc2)C(=O)N(C)CC(=O)N[C@@H](Cc2c[nH]c3ccccc23)C(=O)N[C@@H](Cc2ccc(O)cc2)C(=O)N[C@@H](CC(C)C)C(=O)N[C@H](C(=O)NCC(N)=O)CSCC(=O)N[C@@H](Cc2ccccc2)C(=O)N(C)[C@@H](Cc2ccccc2)C(=O)N1C. The van der Waals surface area contributed by atoms with Crippen molar-refractivity contribution in [2.75, 3.05) is 65.9 Å². The van der Waals surface area contributed by atoms with Crippen LogP contribution in [-0.2, 0) is 110 Å².